The van der Waals surface area contributed by atoms with Gasteiger partial charge in [0.2, 0.25) is 0 Å². The molecule has 0 radical (unpaired) electrons. The van der Waals surface area contributed by atoms with E-state index in [4.69, 9.17) is 0 Å². The van der Waals surface area contributed by atoms with Crippen LogP contribution < -0.4 is 0 Å². The average molecular weight is 483 g/mol. The summed E-state index contributed by atoms with van der Waals surface area (Å²) in [4.78, 5) is 14.0. The monoisotopic (exact) mass is 483 g/mol. The van der Waals surface area contributed by atoms with Gasteiger partial charge in [-0.3, -0.25) is 0 Å². The second-order valence-electron chi connectivity index (χ2n) is 6.65. The first kappa shape index (κ1) is 22.9. The molecule has 0 saturated heterocycles. The quantitative estimate of drug-likeness (QED) is 0.303. The van der Waals surface area contributed by atoms with Crippen molar-refractivity contribution in [1.82, 2.24) is 15.0 Å². The summed E-state index contributed by atoms with van der Waals surface area (Å²) < 4.78 is 32.3. The summed E-state index contributed by atoms with van der Waals surface area (Å²) in [5.41, 5.74) is 12.5. The fraction of sp³-hybridized carbons (Fsp3) is 0. The van der Waals surface area contributed by atoms with Crippen LogP contribution in [0.2, 0.25) is 0 Å². The van der Waals surface area contributed by atoms with Gasteiger partial charge in [0.05, 0.1) is 0 Å². The standard InChI is InChI=1S/C24H12N3O3P3/c28-31-13-16-1-7-19(8-2-16)22-25-23(20-9-3-17(4-10-20)14-32-29)27-24(26-22)21-11-5-18(6-12-21)15-33-30/h1-12H. The van der Waals surface area contributed by atoms with E-state index in [9.17, 15) is 13.7 Å². The molecule has 0 N–H and O–H groups in total. The predicted molar refractivity (Wildman–Crippen MR) is 128 cm³/mol. The SMILES string of the molecule is O=P#Cc1ccc(-c2nc(-c3ccc(C#P=O)cc3)nc(-c3ccc(C#P=O)cc3)n2)cc1. The molecule has 4 rings (SSSR count). The molecule has 0 atom stereocenters. The van der Waals surface area contributed by atoms with Crippen LogP contribution in [0.4, 0.5) is 0 Å². The van der Waals surface area contributed by atoms with Gasteiger partial charge in [-0.05, 0) is 0 Å². The van der Waals surface area contributed by atoms with Crippen LogP contribution in [0.5, 0.6) is 0 Å². The van der Waals surface area contributed by atoms with Crippen LogP contribution in [0.25, 0.3) is 34.2 Å². The molecule has 0 bridgehead atoms. The zero-order valence-electron chi connectivity index (χ0n) is 16.8. The number of rotatable bonds is 3. The van der Waals surface area contributed by atoms with Crippen molar-refractivity contribution in [3.05, 3.63) is 89.5 Å². The molecule has 3 aromatic carbocycles. The van der Waals surface area contributed by atoms with E-state index in [1.54, 1.807) is 36.4 Å². The van der Waals surface area contributed by atoms with E-state index in [2.05, 4.69) is 31.8 Å². The Bertz CT molecular complexity index is 1440. The van der Waals surface area contributed by atoms with Crippen molar-refractivity contribution >= 4 is 23.7 Å². The summed E-state index contributed by atoms with van der Waals surface area (Å²) in [7, 11) is -0.546. The van der Waals surface area contributed by atoms with Gasteiger partial charge >= 0.3 is 193 Å². The molecule has 0 aliphatic heterocycles. The molecule has 6 nitrogen and oxygen atoms in total. The molecule has 0 aliphatic rings. The number of benzene rings is 3. The molecule has 4 aromatic rings. The van der Waals surface area contributed by atoms with Gasteiger partial charge in [0.15, 0.2) is 0 Å². The van der Waals surface area contributed by atoms with Crippen LogP contribution in [0.15, 0.2) is 72.8 Å². The Morgan fingerprint density at radius 2 is 0.667 bits per heavy atom. The first-order valence-corrected chi connectivity index (χ1v) is 12.0. The van der Waals surface area contributed by atoms with Gasteiger partial charge < -0.3 is 0 Å². The molecule has 156 valence electrons. The zero-order valence-corrected chi connectivity index (χ0v) is 19.5. The molecular formula is C24H12N3O3P3. The van der Waals surface area contributed by atoms with Gasteiger partial charge in [-0.2, -0.15) is 0 Å². The minimum atomic E-state index is -0.182. The van der Waals surface area contributed by atoms with Gasteiger partial charge in [-0.25, -0.2) is 0 Å². The van der Waals surface area contributed by atoms with Crippen LogP contribution in [-0.2, 0) is 13.7 Å². The Balaban J connectivity index is 1.85. The number of hydrogen-bond donors (Lipinski definition) is 0. The van der Waals surface area contributed by atoms with Crippen LogP contribution >= 0.6 is 23.7 Å². The molecule has 1 heterocycles. The van der Waals surface area contributed by atoms with E-state index in [0.717, 1.165) is 16.7 Å². The second-order valence-corrected chi connectivity index (χ2v) is 7.87. The Morgan fingerprint density at radius 1 is 0.424 bits per heavy atom. The van der Waals surface area contributed by atoms with Crippen molar-refractivity contribution < 1.29 is 13.7 Å². The Kier molecular flexibility index (Phi) is 7.64. The van der Waals surface area contributed by atoms with E-state index in [0.29, 0.717) is 34.2 Å². The predicted octanol–water partition coefficient (Wildman–Crippen LogP) is 6.67. The average Bonchev–Trinajstić information content (AvgIpc) is 2.86. The van der Waals surface area contributed by atoms with E-state index in [1.807, 2.05) is 36.4 Å². The molecule has 0 saturated carbocycles. The van der Waals surface area contributed by atoms with E-state index >= 15 is 0 Å². The van der Waals surface area contributed by atoms with Gasteiger partial charge in [-0.15, -0.1) is 0 Å². The Labute approximate surface area is 192 Å². The van der Waals surface area contributed by atoms with Crippen molar-refractivity contribution in [2.75, 3.05) is 0 Å². The van der Waals surface area contributed by atoms with Crippen molar-refractivity contribution in [3.63, 3.8) is 0 Å². The molecule has 0 amide bonds. The Hall–Kier alpha value is -3.30. The summed E-state index contributed by atoms with van der Waals surface area (Å²) in [5, 5.41) is 0. The maximum absolute atomic E-state index is 10.8. The summed E-state index contributed by atoms with van der Waals surface area (Å²) >= 11 is 0. The molecule has 0 spiro atoms. The Morgan fingerprint density at radius 3 is 0.879 bits per heavy atom. The fourth-order valence-electron chi connectivity index (χ4n) is 3.00. The van der Waals surface area contributed by atoms with Crippen LogP contribution in [-0.4, -0.2) is 15.0 Å². The van der Waals surface area contributed by atoms with Gasteiger partial charge in [-0.1, -0.05) is 0 Å². The van der Waals surface area contributed by atoms with E-state index in [1.165, 1.54) is 0 Å². The second kappa shape index (κ2) is 11.0. The topological polar surface area (TPSA) is 89.9 Å². The van der Waals surface area contributed by atoms with Gasteiger partial charge in [0, 0.05) is 0 Å². The third-order valence-electron chi connectivity index (χ3n) is 4.59. The summed E-state index contributed by atoms with van der Waals surface area (Å²) in [6.45, 7) is 0. The molecule has 0 unspecified atom stereocenters. The molecule has 1 aromatic heterocycles. The molecule has 9 heteroatoms. The van der Waals surface area contributed by atoms with Crippen LogP contribution in [0.3, 0.4) is 0 Å². The molecule has 0 fully saturated rings. The number of hydrogen-bond acceptors (Lipinski definition) is 6. The number of aromatic nitrogens is 3. The number of nitrogens with zero attached hydrogens (tertiary/aromatic N) is 3. The van der Waals surface area contributed by atoms with Crippen LogP contribution in [0.1, 0.15) is 16.7 Å². The summed E-state index contributed by atoms with van der Waals surface area (Å²) in [6.07, 6.45) is 0. The van der Waals surface area contributed by atoms with Gasteiger partial charge in [0.1, 0.15) is 0 Å². The minimum absolute atomic E-state index is 0.182. The normalized spacial score (nSPS) is 9.82. The zero-order chi connectivity index (χ0) is 23.0. The molecule has 0 aliphatic carbocycles. The van der Waals surface area contributed by atoms with Gasteiger partial charge in [0.25, 0.3) is 0 Å². The first-order chi connectivity index (χ1) is 16.2. The first-order valence-electron chi connectivity index (χ1n) is 9.52. The fourth-order valence-corrected chi connectivity index (χ4v) is 3.77. The van der Waals surface area contributed by atoms with E-state index in [-0.39, 0.29) is 23.7 Å². The maximum atomic E-state index is 10.8. The molecular weight excluding hydrogens is 471 g/mol. The molecule has 33 heavy (non-hydrogen) atoms. The third-order valence-corrected chi connectivity index (χ3v) is 5.64. The third kappa shape index (κ3) is 5.74. The van der Waals surface area contributed by atoms with Crippen molar-refractivity contribution in [2.45, 2.75) is 0 Å². The summed E-state index contributed by atoms with van der Waals surface area (Å²) in [5.74, 6) is 1.42. The van der Waals surface area contributed by atoms with Crippen LogP contribution in [0, 0.1) is 16.9 Å². The summed E-state index contributed by atoms with van der Waals surface area (Å²) in [6, 6.07) is 21.7. The van der Waals surface area contributed by atoms with Crippen molar-refractivity contribution in [3.8, 4) is 51.0 Å². The van der Waals surface area contributed by atoms with Crippen molar-refractivity contribution in [1.29, 1.82) is 0 Å². The van der Waals surface area contributed by atoms with E-state index < -0.39 is 0 Å². The van der Waals surface area contributed by atoms with Crippen molar-refractivity contribution in [2.24, 2.45) is 0 Å².